The summed E-state index contributed by atoms with van der Waals surface area (Å²) in [4.78, 5) is 33.6. The van der Waals surface area contributed by atoms with Crippen molar-refractivity contribution < 1.29 is 9.90 Å². The van der Waals surface area contributed by atoms with E-state index in [1.165, 1.54) is 14.1 Å². The van der Waals surface area contributed by atoms with E-state index in [0.717, 1.165) is 9.25 Å². The number of aliphatic carboxylic acids is 1. The van der Waals surface area contributed by atoms with Crippen molar-refractivity contribution in [2.75, 3.05) is 11.9 Å². The van der Waals surface area contributed by atoms with E-state index in [2.05, 4.69) is 10.4 Å². The van der Waals surface area contributed by atoms with Crippen molar-refractivity contribution in [3.05, 3.63) is 20.8 Å². The molecule has 0 saturated carbocycles. The van der Waals surface area contributed by atoms with Crippen LogP contribution in [0.5, 0.6) is 0 Å². The first-order valence-electron chi connectivity index (χ1n) is 5.43. The zero-order valence-corrected chi connectivity index (χ0v) is 10.5. The maximum absolute atomic E-state index is 11.7. The third kappa shape index (κ3) is 3.19. The molecule has 0 aliphatic heterocycles. The highest BCUT2D eigenvalue weighted by Gasteiger charge is 2.11. The Labute approximate surface area is 103 Å². The molecule has 1 rings (SSSR count). The van der Waals surface area contributed by atoms with Crippen molar-refractivity contribution in [3.8, 4) is 0 Å². The number of anilines is 1. The molecule has 0 amide bonds. The maximum atomic E-state index is 11.7. The molecule has 18 heavy (non-hydrogen) atoms. The second-order valence-corrected chi connectivity index (χ2v) is 4.20. The van der Waals surface area contributed by atoms with Crippen LogP contribution in [0.4, 0.5) is 5.82 Å². The molecule has 0 aromatic carbocycles. The molecule has 0 fully saturated rings. The average molecular weight is 256 g/mol. The molecule has 1 aromatic rings. The highest BCUT2D eigenvalue weighted by molar-refractivity contribution is 5.67. The van der Waals surface area contributed by atoms with Gasteiger partial charge in [-0.3, -0.25) is 14.2 Å². The number of hydrogen-bond donors (Lipinski definition) is 2. The number of nitrogens with zero attached hydrogens (tertiary/aromatic N) is 3. The quantitative estimate of drug-likeness (QED) is 0.700. The van der Waals surface area contributed by atoms with Crippen LogP contribution in [0, 0.1) is 5.92 Å². The fraction of sp³-hybridized carbons (Fsp3) is 0.600. The van der Waals surface area contributed by atoms with Crippen molar-refractivity contribution in [3.63, 3.8) is 0 Å². The zero-order valence-electron chi connectivity index (χ0n) is 10.5. The Kier molecular flexibility index (Phi) is 4.24. The van der Waals surface area contributed by atoms with Crippen molar-refractivity contribution in [1.29, 1.82) is 0 Å². The Hall–Kier alpha value is -2.12. The number of aryl methyl sites for hydroxylation is 1. The van der Waals surface area contributed by atoms with Gasteiger partial charge in [-0.2, -0.15) is 0 Å². The van der Waals surface area contributed by atoms with Crippen LogP contribution in [0.3, 0.4) is 0 Å². The third-order valence-corrected chi connectivity index (χ3v) is 2.46. The summed E-state index contributed by atoms with van der Waals surface area (Å²) in [5.41, 5.74) is -1.04. The number of carboxylic acid groups (broad SMARTS) is 1. The maximum Gasteiger partial charge on any atom is 0.346 e. The van der Waals surface area contributed by atoms with Gasteiger partial charge in [0, 0.05) is 27.1 Å². The number of carbonyl (C=O) groups is 1. The van der Waals surface area contributed by atoms with Crippen LogP contribution < -0.4 is 16.6 Å². The first-order valence-corrected chi connectivity index (χ1v) is 5.43. The van der Waals surface area contributed by atoms with Gasteiger partial charge in [0.1, 0.15) is 0 Å². The largest absolute Gasteiger partial charge is 0.481 e. The molecule has 1 heterocycles. The summed E-state index contributed by atoms with van der Waals surface area (Å²) in [6.45, 7) is 2.04. The lowest BCUT2D eigenvalue weighted by Crippen LogP contribution is -2.40. The van der Waals surface area contributed by atoms with Crippen molar-refractivity contribution in [1.82, 2.24) is 14.3 Å². The summed E-state index contributed by atoms with van der Waals surface area (Å²) in [5, 5.41) is 15.2. The first-order chi connectivity index (χ1) is 8.32. The molecule has 8 heteroatoms. The van der Waals surface area contributed by atoms with Crippen LogP contribution in [0.2, 0.25) is 0 Å². The lowest BCUT2D eigenvalue weighted by Gasteiger charge is -2.11. The molecule has 2 N–H and O–H groups in total. The predicted octanol–water partition coefficient (Wildman–Crippen LogP) is -0.998. The Morgan fingerprint density at radius 3 is 2.61 bits per heavy atom. The van der Waals surface area contributed by atoms with Crippen LogP contribution in [0.1, 0.15) is 13.3 Å². The molecule has 1 atom stereocenters. The minimum atomic E-state index is -0.898. The van der Waals surface area contributed by atoms with E-state index < -0.39 is 17.2 Å². The van der Waals surface area contributed by atoms with Gasteiger partial charge in [0.05, 0.1) is 0 Å². The minimum Gasteiger partial charge on any atom is -0.481 e. The number of nitrogens with one attached hydrogen (secondary N) is 1. The Morgan fingerprint density at radius 1 is 1.44 bits per heavy atom. The van der Waals surface area contributed by atoms with Gasteiger partial charge in [-0.1, -0.05) is 6.92 Å². The summed E-state index contributed by atoms with van der Waals surface area (Å²) in [6, 6.07) is 0. The fourth-order valence-electron chi connectivity index (χ4n) is 1.45. The third-order valence-electron chi connectivity index (χ3n) is 2.46. The standard InChI is InChI=1S/C10H16N4O4/c1-6(4-7(15)16)5-11-8-9(17)13(2)10(18)14(3)12-8/h6H,4-5H2,1-3H3,(H,11,12)(H,15,16). The average Bonchev–Trinajstić information content (AvgIpc) is 2.28. The lowest BCUT2D eigenvalue weighted by molar-refractivity contribution is -0.137. The van der Waals surface area contributed by atoms with Crippen LogP contribution in [0.15, 0.2) is 9.59 Å². The highest BCUT2D eigenvalue weighted by atomic mass is 16.4. The first kappa shape index (κ1) is 13.9. The summed E-state index contributed by atoms with van der Waals surface area (Å²) >= 11 is 0. The van der Waals surface area contributed by atoms with E-state index >= 15 is 0 Å². The highest BCUT2D eigenvalue weighted by Crippen LogP contribution is 2.02. The van der Waals surface area contributed by atoms with Gasteiger partial charge >= 0.3 is 11.7 Å². The molecule has 0 spiro atoms. The van der Waals surface area contributed by atoms with Crippen molar-refractivity contribution >= 4 is 11.8 Å². The normalized spacial score (nSPS) is 12.2. The molecular weight excluding hydrogens is 240 g/mol. The molecule has 1 aromatic heterocycles. The zero-order chi connectivity index (χ0) is 13.9. The van der Waals surface area contributed by atoms with E-state index in [1.807, 2.05) is 0 Å². The van der Waals surface area contributed by atoms with Crippen LogP contribution in [0.25, 0.3) is 0 Å². The summed E-state index contributed by atoms with van der Waals surface area (Å²) in [5.74, 6) is -1.01. The second kappa shape index (κ2) is 5.48. The molecule has 0 bridgehead atoms. The van der Waals surface area contributed by atoms with Crippen molar-refractivity contribution in [2.24, 2.45) is 20.0 Å². The van der Waals surface area contributed by atoms with E-state index in [-0.39, 0.29) is 18.2 Å². The number of carboxylic acids is 1. The smallest absolute Gasteiger partial charge is 0.346 e. The fourth-order valence-corrected chi connectivity index (χ4v) is 1.45. The van der Waals surface area contributed by atoms with E-state index in [4.69, 9.17) is 5.11 Å². The number of aromatic nitrogens is 3. The molecule has 0 aliphatic rings. The summed E-state index contributed by atoms with van der Waals surface area (Å²) in [7, 11) is 2.80. The molecule has 1 unspecified atom stereocenters. The van der Waals surface area contributed by atoms with Crippen LogP contribution in [-0.2, 0) is 18.9 Å². The van der Waals surface area contributed by atoms with Gasteiger partial charge in [0.15, 0.2) is 0 Å². The minimum absolute atomic E-state index is 0.000913. The van der Waals surface area contributed by atoms with Crippen LogP contribution >= 0.6 is 0 Å². The summed E-state index contributed by atoms with van der Waals surface area (Å²) < 4.78 is 1.99. The van der Waals surface area contributed by atoms with Gasteiger partial charge in [0.2, 0.25) is 5.82 Å². The molecule has 0 saturated heterocycles. The number of hydrogen-bond acceptors (Lipinski definition) is 5. The molecule has 8 nitrogen and oxygen atoms in total. The van der Waals surface area contributed by atoms with Crippen molar-refractivity contribution in [2.45, 2.75) is 13.3 Å². The van der Waals surface area contributed by atoms with E-state index in [0.29, 0.717) is 6.54 Å². The summed E-state index contributed by atoms with van der Waals surface area (Å²) in [6.07, 6.45) is -0.000913. The van der Waals surface area contributed by atoms with Gasteiger partial charge in [-0.25, -0.2) is 9.48 Å². The molecule has 0 radical (unpaired) electrons. The monoisotopic (exact) mass is 256 g/mol. The van der Waals surface area contributed by atoms with Gasteiger partial charge in [-0.15, -0.1) is 5.10 Å². The molecule has 100 valence electrons. The SMILES string of the molecule is CC(CNc1nn(C)c(=O)n(C)c1=O)CC(=O)O. The van der Waals surface area contributed by atoms with Gasteiger partial charge in [-0.05, 0) is 5.92 Å². The molecular formula is C10H16N4O4. The second-order valence-electron chi connectivity index (χ2n) is 4.20. The molecule has 0 aliphatic carbocycles. The van der Waals surface area contributed by atoms with Gasteiger partial charge < -0.3 is 10.4 Å². The number of rotatable bonds is 5. The Balaban J connectivity index is 2.84. The van der Waals surface area contributed by atoms with E-state index in [9.17, 15) is 14.4 Å². The predicted molar refractivity (Wildman–Crippen MR) is 64.6 cm³/mol. The lowest BCUT2D eigenvalue weighted by atomic mass is 10.1. The van der Waals surface area contributed by atoms with E-state index in [1.54, 1.807) is 6.92 Å². The topological polar surface area (TPSA) is 106 Å². The Morgan fingerprint density at radius 2 is 2.06 bits per heavy atom. The van der Waals surface area contributed by atoms with Crippen LogP contribution in [-0.4, -0.2) is 32.0 Å². The van der Waals surface area contributed by atoms with Gasteiger partial charge in [0.25, 0.3) is 5.56 Å². The Bertz CT molecular complexity index is 560.